The molecule has 0 bridgehead atoms. The molecule has 23 heavy (non-hydrogen) atoms. The number of ether oxygens (including phenoxy) is 1. The summed E-state index contributed by atoms with van der Waals surface area (Å²) in [6, 6.07) is 5.31. The van der Waals surface area contributed by atoms with Gasteiger partial charge in [-0.25, -0.2) is 4.79 Å². The smallest absolute Gasteiger partial charge is 0.387 e. The zero-order valence-electron chi connectivity index (χ0n) is 12.0. The van der Waals surface area contributed by atoms with E-state index < -0.39 is 12.6 Å². The van der Waals surface area contributed by atoms with E-state index in [9.17, 15) is 13.6 Å². The van der Waals surface area contributed by atoms with Crippen molar-refractivity contribution in [3.8, 4) is 5.75 Å². The summed E-state index contributed by atoms with van der Waals surface area (Å²) in [4.78, 5) is 16.0. The van der Waals surface area contributed by atoms with Crippen LogP contribution in [0.3, 0.4) is 0 Å². The van der Waals surface area contributed by atoms with Crippen LogP contribution < -0.4 is 15.4 Å². The maximum Gasteiger partial charge on any atom is 0.387 e. The molecule has 2 amide bonds. The first-order valence-electron chi connectivity index (χ1n) is 7.03. The van der Waals surface area contributed by atoms with Crippen molar-refractivity contribution in [1.29, 1.82) is 0 Å². The molecule has 0 radical (unpaired) electrons. The third-order valence-electron chi connectivity index (χ3n) is 3.18. The van der Waals surface area contributed by atoms with E-state index in [-0.39, 0.29) is 18.0 Å². The molecule has 0 spiro atoms. The number of urea groups is 1. The first-order chi connectivity index (χ1) is 11.1. The van der Waals surface area contributed by atoms with Gasteiger partial charge in [0.25, 0.3) is 0 Å². The van der Waals surface area contributed by atoms with Crippen molar-refractivity contribution in [1.82, 2.24) is 15.5 Å². The Balaban J connectivity index is 1.54. The molecule has 1 heterocycles. The highest BCUT2D eigenvalue weighted by atomic mass is 19.3. The van der Waals surface area contributed by atoms with Crippen molar-refractivity contribution < 1.29 is 22.8 Å². The Bertz CT molecular complexity index is 688. The van der Waals surface area contributed by atoms with Gasteiger partial charge in [0.05, 0.1) is 12.2 Å². The van der Waals surface area contributed by atoms with Crippen LogP contribution in [-0.4, -0.2) is 22.8 Å². The summed E-state index contributed by atoms with van der Waals surface area (Å²) in [5.74, 6) is 1.18. The number of para-hydroxylation sites is 2. The van der Waals surface area contributed by atoms with Gasteiger partial charge in [0.2, 0.25) is 5.89 Å². The molecule has 2 N–H and O–H groups in total. The maximum absolute atomic E-state index is 12.3. The highest BCUT2D eigenvalue weighted by Crippen LogP contribution is 2.38. The molecule has 122 valence electrons. The predicted molar refractivity (Wildman–Crippen MR) is 75.2 cm³/mol. The van der Waals surface area contributed by atoms with E-state index in [0.29, 0.717) is 17.6 Å². The minimum Gasteiger partial charge on any atom is -0.433 e. The lowest BCUT2D eigenvalue weighted by atomic mass is 10.3. The number of rotatable bonds is 6. The van der Waals surface area contributed by atoms with Crippen LogP contribution >= 0.6 is 0 Å². The monoisotopic (exact) mass is 324 g/mol. The average Bonchev–Trinajstić information content (AvgIpc) is 3.26. The number of nitrogens with zero attached hydrogens (tertiary/aromatic N) is 2. The Kier molecular flexibility index (Phi) is 4.35. The van der Waals surface area contributed by atoms with Gasteiger partial charge in [-0.15, -0.1) is 0 Å². The van der Waals surface area contributed by atoms with Crippen LogP contribution in [0.25, 0.3) is 0 Å². The summed E-state index contributed by atoms with van der Waals surface area (Å²) in [5, 5.41) is 8.77. The summed E-state index contributed by atoms with van der Waals surface area (Å²) >= 11 is 0. The van der Waals surface area contributed by atoms with Crippen LogP contribution in [0, 0.1) is 0 Å². The van der Waals surface area contributed by atoms with Crippen LogP contribution in [0.5, 0.6) is 5.75 Å². The van der Waals surface area contributed by atoms with E-state index in [1.807, 2.05) is 0 Å². The summed E-state index contributed by atoms with van der Waals surface area (Å²) in [6.45, 7) is -2.93. The number of benzene rings is 1. The fourth-order valence-electron chi connectivity index (χ4n) is 1.94. The Labute approximate surface area is 130 Å². The van der Waals surface area contributed by atoms with Crippen molar-refractivity contribution in [3.63, 3.8) is 0 Å². The second-order valence-corrected chi connectivity index (χ2v) is 5.00. The normalized spacial score (nSPS) is 13.9. The van der Waals surface area contributed by atoms with Gasteiger partial charge in [-0.2, -0.15) is 13.8 Å². The first kappa shape index (κ1) is 15.2. The summed E-state index contributed by atoms with van der Waals surface area (Å²) in [6.07, 6.45) is 2.10. The Morgan fingerprint density at radius 2 is 2.17 bits per heavy atom. The van der Waals surface area contributed by atoms with Crippen molar-refractivity contribution in [2.45, 2.75) is 31.9 Å². The zero-order valence-corrected chi connectivity index (χ0v) is 12.0. The quantitative estimate of drug-likeness (QED) is 0.853. The minimum atomic E-state index is -2.97. The number of anilines is 1. The zero-order chi connectivity index (χ0) is 16.2. The van der Waals surface area contributed by atoms with Crippen LogP contribution in [0.1, 0.15) is 30.5 Å². The fraction of sp³-hybridized carbons (Fsp3) is 0.357. The van der Waals surface area contributed by atoms with Crippen LogP contribution in [0.2, 0.25) is 0 Å². The highest BCUT2D eigenvalue weighted by Gasteiger charge is 2.28. The van der Waals surface area contributed by atoms with Crippen molar-refractivity contribution in [2.75, 3.05) is 5.32 Å². The molecule has 0 aliphatic heterocycles. The average molecular weight is 324 g/mol. The lowest BCUT2D eigenvalue weighted by molar-refractivity contribution is -0.0493. The molecule has 0 atom stereocenters. The predicted octanol–water partition coefficient (Wildman–Crippen LogP) is 2.87. The summed E-state index contributed by atoms with van der Waals surface area (Å²) < 4.78 is 33.9. The molecule has 3 rings (SSSR count). The molecule has 0 saturated heterocycles. The molecule has 0 unspecified atom stereocenters. The third-order valence-corrected chi connectivity index (χ3v) is 3.18. The molecule has 1 aliphatic rings. The molecule has 1 saturated carbocycles. The van der Waals surface area contributed by atoms with E-state index in [4.69, 9.17) is 4.52 Å². The van der Waals surface area contributed by atoms with Gasteiger partial charge in [-0.05, 0) is 25.0 Å². The van der Waals surface area contributed by atoms with Gasteiger partial charge in [0.1, 0.15) is 5.75 Å². The number of carbonyl (C=O) groups is 1. The van der Waals surface area contributed by atoms with Gasteiger partial charge in [0, 0.05) is 5.92 Å². The molecule has 1 aliphatic carbocycles. The summed E-state index contributed by atoms with van der Waals surface area (Å²) in [5.41, 5.74) is 0.134. The molecule has 1 fully saturated rings. The lowest BCUT2D eigenvalue weighted by Gasteiger charge is -2.11. The molecule has 1 aromatic carbocycles. The largest absolute Gasteiger partial charge is 0.433 e. The molecule has 1 aromatic heterocycles. The highest BCUT2D eigenvalue weighted by molar-refractivity contribution is 5.90. The second kappa shape index (κ2) is 6.59. The number of halogens is 2. The number of alkyl halides is 2. The van der Waals surface area contributed by atoms with Gasteiger partial charge < -0.3 is 19.9 Å². The van der Waals surface area contributed by atoms with E-state index in [1.54, 1.807) is 6.07 Å². The Morgan fingerprint density at radius 3 is 2.91 bits per heavy atom. The van der Waals surface area contributed by atoms with Gasteiger partial charge in [-0.3, -0.25) is 0 Å². The first-order valence-corrected chi connectivity index (χ1v) is 7.03. The van der Waals surface area contributed by atoms with E-state index in [0.717, 1.165) is 12.8 Å². The molecule has 2 aromatic rings. The van der Waals surface area contributed by atoms with Crippen molar-refractivity contribution >= 4 is 11.7 Å². The molecule has 9 heteroatoms. The molecule has 7 nitrogen and oxygen atoms in total. The fourth-order valence-corrected chi connectivity index (χ4v) is 1.94. The standard InChI is InChI=1S/C14H14F2N4O3/c15-13(16)22-10-4-2-1-3-9(10)18-14(21)17-7-11-19-12(20-23-11)8-5-6-8/h1-4,8,13H,5-7H2,(H2,17,18,21). The summed E-state index contributed by atoms with van der Waals surface area (Å²) in [7, 11) is 0. The number of carbonyl (C=O) groups excluding carboxylic acids is 1. The molecular weight excluding hydrogens is 310 g/mol. The minimum absolute atomic E-state index is 0.0451. The number of hydrogen-bond acceptors (Lipinski definition) is 5. The van der Waals surface area contributed by atoms with E-state index in [2.05, 4.69) is 25.5 Å². The lowest BCUT2D eigenvalue weighted by Crippen LogP contribution is -2.28. The van der Waals surface area contributed by atoms with Crippen LogP contribution in [0.4, 0.5) is 19.3 Å². The van der Waals surface area contributed by atoms with Crippen molar-refractivity contribution in [2.24, 2.45) is 0 Å². The van der Waals surface area contributed by atoms with Gasteiger partial charge in [-0.1, -0.05) is 17.3 Å². The van der Waals surface area contributed by atoms with Crippen LogP contribution in [0.15, 0.2) is 28.8 Å². The van der Waals surface area contributed by atoms with Crippen LogP contribution in [-0.2, 0) is 6.54 Å². The van der Waals surface area contributed by atoms with Gasteiger partial charge in [0.15, 0.2) is 5.82 Å². The Hall–Kier alpha value is -2.71. The number of amides is 2. The van der Waals surface area contributed by atoms with E-state index >= 15 is 0 Å². The topological polar surface area (TPSA) is 89.3 Å². The number of aromatic nitrogens is 2. The van der Waals surface area contributed by atoms with E-state index in [1.165, 1.54) is 18.2 Å². The Morgan fingerprint density at radius 1 is 1.39 bits per heavy atom. The number of hydrogen-bond donors (Lipinski definition) is 2. The third kappa shape index (κ3) is 4.15. The number of nitrogens with one attached hydrogen (secondary N) is 2. The van der Waals surface area contributed by atoms with Gasteiger partial charge >= 0.3 is 12.6 Å². The van der Waals surface area contributed by atoms with Crippen molar-refractivity contribution in [3.05, 3.63) is 36.0 Å². The molecular formula is C14H14F2N4O3. The SMILES string of the molecule is O=C(NCc1nc(C2CC2)no1)Nc1ccccc1OC(F)F. The maximum atomic E-state index is 12.3. The second-order valence-electron chi connectivity index (χ2n) is 5.00.